The van der Waals surface area contributed by atoms with Gasteiger partial charge in [-0.2, -0.15) is 0 Å². The monoisotopic (exact) mass is 304 g/mol. The van der Waals surface area contributed by atoms with Crippen LogP contribution in [0.5, 0.6) is 11.5 Å². The van der Waals surface area contributed by atoms with Gasteiger partial charge in [-0.3, -0.25) is 0 Å². The molecule has 0 bridgehead atoms. The topological polar surface area (TPSA) is 44.2 Å². The third-order valence-electron chi connectivity index (χ3n) is 3.47. The van der Waals surface area contributed by atoms with E-state index in [4.69, 9.17) is 21.1 Å². The summed E-state index contributed by atoms with van der Waals surface area (Å²) in [5.74, 6) is 2.29. The molecule has 0 atom stereocenters. The maximum atomic E-state index is 6.21. The summed E-state index contributed by atoms with van der Waals surface area (Å²) in [6, 6.07) is 5.88. The molecule has 0 aliphatic carbocycles. The van der Waals surface area contributed by atoms with Crippen LogP contribution in [0.25, 0.3) is 11.3 Å². The summed E-state index contributed by atoms with van der Waals surface area (Å²) >= 11 is 6.21. The van der Waals surface area contributed by atoms with Crippen LogP contribution in [-0.4, -0.2) is 23.2 Å². The van der Waals surface area contributed by atoms with Crippen LogP contribution in [0.15, 0.2) is 18.2 Å². The minimum Gasteiger partial charge on any atom is -0.490 e. The molecule has 1 aliphatic heterocycles. The second-order valence-electron chi connectivity index (χ2n) is 4.97. The van der Waals surface area contributed by atoms with E-state index in [0.717, 1.165) is 47.0 Å². The Labute approximate surface area is 129 Å². The fourth-order valence-corrected chi connectivity index (χ4v) is 2.47. The van der Waals surface area contributed by atoms with Crippen LogP contribution in [0.4, 0.5) is 0 Å². The summed E-state index contributed by atoms with van der Waals surface area (Å²) in [6.45, 7) is 5.30. The Kier molecular flexibility index (Phi) is 3.97. The molecule has 0 radical (unpaired) electrons. The number of aromatic nitrogens is 2. The van der Waals surface area contributed by atoms with Crippen LogP contribution in [0, 0.1) is 6.92 Å². The second kappa shape index (κ2) is 5.90. The standard InChI is InChI=1S/C16H17ClN2O2/c1-3-14-18-15(10(2)16(17)19-14)11-5-6-12-13(9-11)21-8-4-7-20-12/h5-6,9H,3-4,7-8H2,1-2H3. The molecule has 1 aliphatic rings. The number of benzene rings is 1. The van der Waals surface area contributed by atoms with Gasteiger partial charge in [-0.1, -0.05) is 18.5 Å². The van der Waals surface area contributed by atoms with Crippen LogP contribution in [0.1, 0.15) is 24.7 Å². The zero-order chi connectivity index (χ0) is 14.8. The van der Waals surface area contributed by atoms with Crippen molar-refractivity contribution in [3.05, 3.63) is 34.7 Å². The largest absolute Gasteiger partial charge is 0.490 e. The average molecular weight is 305 g/mol. The quantitative estimate of drug-likeness (QED) is 0.791. The van der Waals surface area contributed by atoms with Crippen LogP contribution in [0.3, 0.4) is 0 Å². The zero-order valence-electron chi connectivity index (χ0n) is 12.1. The van der Waals surface area contributed by atoms with Crippen LogP contribution in [-0.2, 0) is 6.42 Å². The van der Waals surface area contributed by atoms with E-state index in [9.17, 15) is 0 Å². The van der Waals surface area contributed by atoms with E-state index < -0.39 is 0 Å². The lowest BCUT2D eigenvalue weighted by atomic mass is 10.1. The third-order valence-corrected chi connectivity index (χ3v) is 3.84. The summed E-state index contributed by atoms with van der Waals surface area (Å²) in [4.78, 5) is 8.88. The van der Waals surface area contributed by atoms with E-state index in [1.165, 1.54) is 0 Å². The van der Waals surface area contributed by atoms with Crippen molar-refractivity contribution < 1.29 is 9.47 Å². The van der Waals surface area contributed by atoms with Crippen molar-refractivity contribution in [2.24, 2.45) is 0 Å². The lowest BCUT2D eigenvalue weighted by Crippen LogP contribution is -2.00. The summed E-state index contributed by atoms with van der Waals surface area (Å²) in [5.41, 5.74) is 2.70. The highest BCUT2D eigenvalue weighted by Gasteiger charge is 2.15. The van der Waals surface area contributed by atoms with E-state index in [0.29, 0.717) is 18.4 Å². The molecule has 1 aromatic carbocycles. The van der Waals surface area contributed by atoms with Gasteiger partial charge in [0, 0.05) is 24.0 Å². The van der Waals surface area contributed by atoms with Gasteiger partial charge in [0.05, 0.1) is 18.9 Å². The molecule has 5 heteroatoms. The smallest absolute Gasteiger partial charge is 0.161 e. The molecule has 0 amide bonds. The molecule has 1 aromatic heterocycles. The molecular weight excluding hydrogens is 288 g/mol. The molecule has 0 unspecified atom stereocenters. The molecular formula is C16H17ClN2O2. The van der Waals surface area contributed by atoms with Crippen molar-refractivity contribution in [3.63, 3.8) is 0 Å². The van der Waals surface area contributed by atoms with Crippen LogP contribution < -0.4 is 9.47 Å². The molecule has 0 spiro atoms. The van der Waals surface area contributed by atoms with E-state index in [1.807, 2.05) is 32.0 Å². The maximum Gasteiger partial charge on any atom is 0.161 e. The fraction of sp³-hybridized carbons (Fsp3) is 0.375. The minimum absolute atomic E-state index is 0.504. The lowest BCUT2D eigenvalue weighted by molar-refractivity contribution is 0.297. The van der Waals surface area contributed by atoms with Crippen LogP contribution >= 0.6 is 11.6 Å². The first kappa shape index (κ1) is 14.1. The highest BCUT2D eigenvalue weighted by Crippen LogP contribution is 2.35. The van der Waals surface area contributed by atoms with Gasteiger partial charge >= 0.3 is 0 Å². The molecule has 110 valence electrons. The molecule has 0 saturated heterocycles. The number of halogens is 1. The number of aryl methyl sites for hydroxylation is 1. The third kappa shape index (κ3) is 2.81. The Balaban J connectivity index is 2.08. The first-order valence-electron chi connectivity index (χ1n) is 7.12. The Morgan fingerprint density at radius 1 is 1.14 bits per heavy atom. The number of hydrogen-bond donors (Lipinski definition) is 0. The molecule has 0 N–H and O–H groups in total. The number of fused-ring (bicyclic) bond motifs is 1. The predicted octanol–water partition coefficient (Wildman–Crippen LogP) is 3.83. The van der Waals surface area contributed by atoms with Gasteiger partial charge < -0.3 is 9.47 Å². The van der Waals surface area contributed by atoms with Crippen molar-refractivity contribution in [2.75, 3.05) is 13.2 Å². The Hall–Kier alpha value is -1.81. The molecule has 3 rings (SSSR count). The normalized spacial score (nSPS) is 13.9. The van der Waals surface area contributed by atoms with Gasteiger partial charge in [0.2, 0.25) is 0 Å². The van der Waals surface area contributed by atoms with Crippen LogP contribution in [0.2, 0.25) is 5.15 Å². The minimum atomic E-state index is 0.504. The number of ether oxygens (including phenoxy) is 2. The van der Waals surface area contributed by atoms with Gasteiger partial charge in [-0.05, 0) is 25.1 Å². The number of rotatable bonds is 2. The van der Waals surface area contributed by atoms with E-state index in [2.05, 4.69) is 9.97 Å². The Bertz CT molecular complexity index is 674. The fourth-order valence-electron chi connectivity index (χ4n) is 2.28. The SMILES string of the molecule is CCc1nc(Cl)c(C)c(-c2ccc3c(c2)OCCCO3)n1. The summed E-state index contributed by atoms with van der Waals surface area (Å²) in [5, 5.41) is 0.504. The van der Waals surface area contributed by atoms with E-state index in [-0.39, 0.29) is 0 Å². The first-order chi connectivity index (χ1) is 10.2. The Morgan fingerprint density at radius 2 is 1.90 bits per heavy atom. The average Bonchev–Trinajstić information content (AvgIpc) is 2.74. The second-order valence-corrected chi connectivity index (χ2v) is 5.33. The molecule has 0 saturated carbocycles. The summed E-state index contributed by atoms with van der Waals surface area (Å²) < 4.78 is 11.4. The lowest BCUT2D eigenvalue weighted by Gasteiger charge is -2.12. The molecule has 2 aromatic rings. The van der Waals surface area contributed by atoms with Crippen molar-refractivity contribution in [1.29, 1.82) is 0 Å². The van der Waals surface area contributed by atoms with Crippen molar-refractivity contribution in [3.8, 4) is 22.8 Å². The zero-order valence-corrected chi connectivity index (χ0v) is 12.9. The van der Waals surface area contributed by atoms with E-state index in [1.54, 1.807) is 0 Å². The first-order valence-corrected chi connectivity index (χ1v) is 7.50. The molecule has 4 nitrogen and oxygen atoms in total. The molecule has 0 fully saturated rings. The Morgan fingerprint density at radius 3 is 2.67 bits per heavy atom. The van der Waals surface area contributed by atoms with Gasteiger partial charge in [0.15, 0.2) is 11.5 Å². The van der Waals surface area contributed by atoms with Gasteiger partial charge in [0.1, 0.15) is 11.0 Å². The van der Waals surface area contributed by atoms with Crippen molar-refractivity contribution >= 4 is 11.6 Å². The maximum absolute atomic E-state index is 6.21. The molecule has 2 heterocycles. The number of nitrogens with zero attached hydrogens (tertiary/aromatic N) is 2. The highest BCUT2D eigenvalue weighted by atomic mass is 35.5. The van der Waals surface area contributed by atoms with Crippen molar-refractivity contribution in [2.45, 2.75) is 26.7 Å². The van der Waals surface area contributed by atoms with E-state index >= 15 is 0 Å². The van der Waals surface area contributed by atoms with Gasteiger partial charge in [-0.25, -0.2) is 9.97 Å². The van der Waals surface area contributed by atoms with Crippen molar-refractivity contribution in [1.82, 2.24) is 9.97 Å². The van der Waals surface area contributed by atoms with Gasteiger partial charge in [-0.15, -0.1) is 0 Å². The molecule has 21 heavy (non-hydrogen) atoms. The highest BCUT2D eigenvalue weighted by molar-refractivity contribution is 6.30. The summed E-state index contributed by atoms with van der Waals surface area (Å²) in [6.07, 6.45) is 1.64. The summed E-state index contributed by atoms with van der Waals surface area (Å²) in [7, 11) is 0. The number of hydrogen-bond acceptors (Lipinski definition) is 4. The van der Waals surface area contributed by atoms with Gasteiger partial charge in [0.25, 0.3) is 0 Å². The predicted molar refractivity (Wildman–Crippen MR) is 82.2 cm³/mol.